The van der Waals surface area contributed by atoms with Crippen molar-refractivity contribution in [2.24, 2.45) is 0 Å². The highest BCUT2D eigenvalue weighted by atomic mass is 35.5. The summed E-state index contributed by atoms with van der Waals surface area (Å²) < 4.78 is 5.36. The molecule has 6 heteroatoms. The van der Waals surface area contributed by atoms with Gasteiger partial charge >= 0.3 is 0 Å². The molecule has 0 fully saturated rings. The monoisotopic (exact) mass is 472 g/mol. The van der Waals surface area contributed by atoms with Crippen LogP contribution < -0.4 is 5.32 Å². The Hall–Kier alpha value is -3.83. The fourth-order valence-electron chi connectivity index (χ4n) is 3.77. The Morgan fingerprint density at radius 2 is 1.50 bits per heavy atom. The van der Waals surface area contributed by atoms with E-state index >= 15 is 0 Å². The molecular formula is C28H25ClN2O3. The Kier molecular flexibility index (Phi) is 7.79. The number of rotatable bonds is 9. The quantitative estimate of drug-likeness (QED) is 0.347. The third kappa shape index (κ3) is 6.15. The molecule has 0 aliphatic heterocycles. The van der Waals surface area contributed by atoms with Gasteiger partial charge in [-0.05, 0) is 41.0 Å². The van der Waals surface area contributed by atoms with Crippen molar-refractivity contribution in [3.8, 4) is 0 Å². The van der Waals surface area contributed by atoms with E-state index < -0.39 is 6.04 Å². The van der Waals surface area contributed by atoms with E-state index in [0.717, 1.165) is 16.7 Å². The lowest BCUT2D eigenvalue weighted by molar-refractivity contribution is -0.141. The molecule has 4 aromatic rings. The Balaban J connectivity index is 1.66. The number of carbonyl (C=O) groups excluding carboxylic acids is 2. The SMILES string of the molecule is O=C(NCc1ccco1)[C@@H](c1ccccc1)N(Cc1ccccc1)C(=O)Cc1ccc(Cl)cc1. The van der Waals surface area contributed by atoms with Crippen LogP contribution in [-0.2, 0) is 29.1 Å². The third-order valence-corrected chi connectivity index (χ3v) is 5.73. The Morgan fingerprint density at radius 1 is 0.824 bits per heavy atom. The van der Waals surface area contributed by atoms with E-state index in [4.69, 9.17) is 16.0 Å². The van der Waals surface area contributed by atoms with Crippen molar-refractivity contribution in [3.63, 3.8) is 0 Å². The van der Waals surface area contributed by atoms with E-state index in [9.17, 15) is 9.59 Å². The molecule has 4 rings (SSSR count). The van der Waals surface area contributed by atoms with Gasteiger partial charge < -0.3 is 14.6 Å². The van der Waals surface area contributed by atoms with E-state index in [1.54, 1.807) is 35.4 Å². The first-order valence-corrected chi connectivity index (χ1v) is 11.4. The number of furan rings is 1. The fraction of sp³-hybridized carbons (Fsp3) is 0.143. The predicted octanol–water partition coefficient (Wildman–Crippen LogP) is 5.56. The zero-order valence-corrected chi connectivity index (χ0v) is 19.3. The van der Waals surface area contributed by atoms with Crippen LogP contribution >= 0.6 is 11.6 Å². The molecule has 1 atom stereocenters. The summed E-state index contributed by atoms with van der Waals surface area (Å²) in [6.07, 6.45) is 1.71. The maximum absolute atomic E-state index is 13.6. The van der Waals surface area contributed by atoms with Crippen LogP contribution in [0.3, 0.4) is 0 Å². The summed E-state index contributed by atoms with van der Waals surface area (Å²) in [5.41, 5.74) is 2.50. The lowest BCUT2D eigenvalue weighted by Crippen LogP contribution is -2.43. The topological polar surface area (TPSA) is 62.6 Å². The highest BCUT2D eigenvalue weighted by Gasteiger charge is 2.31. The van der Waals surface area contributed by atoms with Crippen molar-refractivity contribution in [1.29, 1.82) is 0 Å². The fourth-order valence-corrected chi connectivity index (χ4v) is 3.90. The van der Waals surface area contributed by atoms with Crippen LogP contribution in [0.5, 0.6) is 0 Å². The van der Waals surface area contributed by atoms with E-state index in [2.05, 4.69) is 5.32 Å². The number of nitrogens with one attached hydrogen (secondary N) is 1. The van der Waals surface area contributed by atoms with Crippen LogP contribution in [-0.4, -0.2) is 16.7 Å². The summed E-state index contributed by atoms with van der Waals surface area (Å²) in [5, 5.41) is 3.54. The van der Waals surface area contributed by atoms with Gasteiger partial charge in [0.05, 0.1) is 19.2 Å². The number of amides is 2. The maximum Gasteiger partial charge on any atom is 0.247 e. The first-order valence-electron chi connectivity index (χ1n) is 11.0. The highest BCUT2D eigenvalue weighted by molar-refractivity contribution is 6.30. The zero-order valence-electron chi connectivity index (χ0n) is 18.6. The molecule has 2 amide bonds. The van der Waals surface area contributed by atoms with Crippen molar-refractivity contribution in [2.75, 3.05) is 0 Å². The Labute approximate surface area is 204 Å². The maximum atomic E-state index is 13.6. The highest BCUT2D eigenvalue weighted by Crippen LogP contribution is 2.25. The van der Waals surface area contributed by atoms with Gasteiger partial charge in [-0.2, -0.15) is 0 Å². The molecule has 0 unspecified atom stereocenters. The summed E-state index contributed by atoms with van der Waals surface area (Å²) in [6, 6.07) is 29.0. The van der Waals surface area contributed by atoms with E-state index in [1.165, 1.54) is 0 Å². The first-order chi connectivity index (χ1) is 16.6. The predicted molar refractivity (Wildman–Crippen MR) is 132 cm³/mol. The molecule has 1 aromatic heterocycles. The van der Waals surface area contributed by atoms with Gasteiger partial charge in [0.15, 0.2) is 0 Å². The summed E-state index contributed by atoms with van der Waals surface area (Å²) in [4.78, 5) is 28.8. The molecule has 34 heavy (non-hydrogen) atoms. The van der Waals surface area contributed by atoms with Gasteiger partial charge in [-0.1, -0.05) is 84.4 Å². The average molecular weight is 473 g/mol. The largest absolute Gasteiger partial charge is 0.467 e. The molecule has 5 nitrogen and oxygen atoms in total. The second-order valence-electron chi connectivity index (χ2n) is 7.92. The minimum atomic E-state index is -0.809. The number of hydrogen-bond acceptors (Lipinski definition) is 3. The molecule has 0 saturated heterocycles. The van der Waals surface area contributed by atoms with Crippen molar-refractivity contribution in [1.82, 2.24) is 10.2 Å². The molecule has 1 N–H and O–H groups in total. The Morgan fingerprint density at radius 3 is 2.15 bits per heavy atom. The van der Waals surface area contributed by atoms with Gasteiger partial charge in [0, 0.05) is 11.6 Å². The molecule has 0 radical (unpaired) electrons. The van der Waals surface area contributed by atoms with Crippen molar-refractivity contribution < 1.29 is 14.0 Å². The molecule has 0 aliphatic rings. The van der Waals surface area contributed by atoms with Crippen LogP contribution in [0.4, 0.5) is 0 Å². The number of nitrogens with zero attached hydrogens (tertiary/aromatic N) is 1. The first kappa shape index (κ1) is 23.3. The number of hydrogen-bond donors (Lipinski definition) is 1. The number of halogens is 1. The summed E-state index contributed by atoms with van der Waals surface area (Å²) in [5.74, 6) is 0.207. The van der Waals surface area contributed by atoms with Gasteiger partial charge in [-0.3, -0.25) is 9.59 Å². The molecule has 0 saturated carbocycles. The summed E-state index contributed by atoms with van der Waals surface area (Å²) in [6.45, 7) is 0.528. The molecule has 0 aliphatic carbocycles. The van der Waals surface area contributed by atoms with E-state index in [1.807, 2.05) is 72.8 Å². The van der Waals surface area contributed by atoms with Gasteiger partial charge in [-0.25, -0.2) is 0 Å². The standard InChI is InChI=1S/C28H25ClN2O3/c29-24-15-13-21(14-16-24)18-26(32)31(20-22-8-3-1-4-9-22)27(23-10-5-2-6-11-23)28(33)30-19-25-12-7-17-34-25/h1-17,27H,18-20H2,(H,30,33)/t27-/m1/s1. The van der Waals surface area contributed by atoms with Crippen LogP contribution in [0.25, 0.3) is 0 Å². The summed E-state index contributed by atoms with van der Waals surface area (Å²) in [7, 11) is 0. The minimum absolute atomic E-state index is 0.152. The second-order valence-corrected chi connectivity index (χ2v) is 8.36. The van der Waals surface area contributed by atoms with Gasteiger partial charge in [0.1, 0.15) is 11.8 Å². The van der Waals surface area contributed by atoms with Crippen molar-refractivity contribution in [3.05, 3.63) is 131 Å². The minimum Gasteiger partial charge on any atom is -0.467 e. The van der Waals surface area contributed by atoms with E-state index in [-0.39, 0.29) is 24.8 Å². The number of carbonyl (C=O) groups is 2. The van der Waals surface area contributed by atoms with Crippen LogP contribution in [0, 0.1) is 0 Å². The van der Waals surface area contributed by atoms with Gasteiger partial charge in [0.25, 0.3) is 0 Å². The van der Waals surface area contributed by atoms with Crippen molar-refractivity contribution in [2.45, 2.75) is 25.6 Å². The van der Waals surface area contributed by atoms with Crippen molar-refractivity contribution >= 4 is 23.4 Å². The molecule has 0 spiro atoms. The number of benzene rings is 3. The van der Waals surface area contributed by atoms with Gasteiger partial charge in [-0.15, -0.1) is 0 Å². The van der Waals surface area contributed by atoms with Crippen LogP contribution in [0.15, 0.2) is 108 Å². The molecule has 0 bridgehead atoms. The molecule has 1 heterocycles. The average Bonchev–Trinajstić information content (AvgIpc) is 3.39. The summed E-state index contributed by atoms with van der Waals surface area (Å²) >= 11 is 6.01. The lowest BCUT2D eigenvalue weighted by Gasteiger charge is -2.31. The molecule has 172 valence electrons. The third-order valence-electron chi connectivity index (χ3n) is 5.48. The van der Waals surface area contributed by atoms with Gasteiger partial charge in [0.2, 0.25) is 11.8 Å². The lowest BCUT2D eigenvalue weighted by atomic mass is 10.0. The smallest absolute Gasteiger partial charge is 0.247 e. The zero-order chi connectivity index (χ0) is 23.8. The normalized spacial score (nSPS) is 11.6. The Bertz CT molecular complexity index is 1190. The van der Waals surface area contributed by atoms with Crippen LogP contribution in [0.1, 0.15) is 28.5 Å². The van der Waals surface area contributed by atoms with E-state index in [0.29, 0.717) is 17.3 Å². The molecule has 3 aromatic carbocycles. The molecular weight excluding hydrogens is 448 g/mol. The van der Waals surface area contributed by atoms with Crippen LogP contribution in [0.2, 0.25) is 5.02 Å². The second kappa shape index (κ2) is 11.3.